The SMILES string of the molecule is Cc1nc([C@H]2CCCN(CC(=O)Nc3nccs3)C2)ncc1C(=O)N1CCOCC1. The van der Waals surface area contributed by atoms with E-state index in [1.807, 2.05) is 12.3 Å². The van der Waals surface area contributed by atoms with Crippen molar-refractivity contribution in [3.05, 3.63) is 34.9 Å². The van der Waals surface area contributed by atoms with E-state index in [9.17, 15) is 9.59 Å². The Morgan fingerprint density at radius 2 is 2.10 bits per heavy atom. The summed E-state index contributed by atoms with van der Waals surface area (Å²) in [6, 6.07) is 0. The number of thiazole rings is 1. The van der Waals surface area contributed by atoms with Crippen LogP contribution in [-0.4, -0.2) is 82.5 Å². The van der Waals surface area contributed by atoms with E-state index in [1.54, 1.807) is 17.3 Å². The molecule has 2 saturated heterocycles. The summed E-state index contributed by atoms with van der Waals surface area (Å²) in [5, 5.41) is 5.28. The van der Waals surface area contributed by atoms with E-state index >= 15 is 0 Å². The molecule has 2 aromatic heterocycles. The highest BCUT2D eigenvalue weighted by molar-refractivity contribution is 7.13. The zero-order valence-electron chi connectivity index (χ0n) is 17.0. The Hall–Kier alpha value is -2.43. The van der Waals surface area contributed by atoms with Gasteiger partial charge >= 0.3 is 0 Å². The number of piperidine rings is 1. The van der Waals surface area contributed by atoms with Gasteiger partial charge in [-0.2, -0.15) is 0 Å². The van der Waals surface area contributed by atoms with Gasteiger partial charge in [0.1, 0.15) is 5.82 Å². The molecule has 30 heavy (non-hydrogen) atoms. The predicted molar refractivity (Wildman–Crippen MR) is 113 cm³/mol. The van der Waals surface area contributed by atoms with Crippen LogP contribution in [0.4, 0.5) is 5.13 Å². The van der Waals surface area contributed by atoms with Crippen LogP contribution in [0.5, 0.6) is 0 Å². The molecule has 0 aliphatic carbocycles. The molecule has 0 bridgehead atoms. The van der Waals surface area contributed by atoms with Gasteiger partial charge in [0, 0.05) is 43.3 Å². The highest BCUT2D eigenvalue weighted by Gasteiger charge is 2.27. The second-order valence-corrected chi connectivity index (χ2v) is 8.49. The number of aryl methyl sites for hydroxylation is 1. The number of hydrogen-bond donors (Lipinski definition) is 1. The number of likely N-dealkylation sites (tertiary alicyclic amines) is 1. The normalized spacial score (nSPS) is 20.2. The standard InChI is InChI=1S/C20H26N6O3S/c1-14-16(19(28)26-6-8-29-9-7-26)11-22-18(23-14)15-3-2-5-25(12-15)13-17(27)24-20-21-4-10-30-20/h4,10-11,15H,2-3,5-9,12-13H2,1H3,(H,21,24,27)/t15-/m0/s1. The lowest BCUT2D eigenvalue weighted by molar-refractivity contribution is -0.117. The maximum atomic E-state index is 12.7. The molecule has 0 radical (unpaired) electrons. The van der Waals surface area contributed by atoms with Crippen LogP contribution in [0, 0.1) is 6.92 Å². The topological polar surface area (TPSA) is 101 Å². The van der Waals surface area contributed by atoms with E-state index in [1.165, 1.54) is 11.3 Å². The molecule has 2 amide bonds. The highest BCUT2D eigenvalue weighted by atomic mass is 32.1. The Kier molecular flexibility index (Phi) is 6.66. The molecule has 2 aliphatic rings. The third-order valence-electron chi connectivity index (χ3n) is 5.44. The predicted octanol–water partition coefficient (Wildman–Crippen LogP) is 1.53. The highest BCUT2D eigenvalue weighted by Crippen LogP contribution is 2.25. The molecule has 10 heteroatoms. The van der Waals surface area contributed by atoms with Gasteiger partial charge in [0.05, 0.1) is 31.0 Å². The third-order valence-corrected chi connectivity index (χ3v) is 6.13. The number of morpholine rings is 1. The van der Waals surface area contributed by atoms with Crippen LogP contribution in [0.3, 0.4) is 0 Å². The number of aromatic nitrogens is 3. The molecule has 2 aliphatic heterocycles. The zero-order valence-corrected chi connectivity index (χ0v) is 17.9. The largest absolute Gasteiger partial charge is 0.378 e. The van der Waals surface area contributed by atoms with Gasteiger partial charge in [-0.15, -0.1) is 11.3 Å². The van der Waals surface area contributed by atoms with Gasteiger partial charge in [-0.05, 0) is 26.3 Å². The second-order valence-electron chi connectivity index (χ2n) is 7.59. The van der Waals surface area contributed by atoms with Gasteiger partial charge in [-0.25, -0.2) is 15.0 Å². The Labute approximate surface area is 179 Å². The fourth-order valence-electron chi connectivity index (χ4n) is 3.89. The van der Waals surface area contributed by atoms with Crippen LogP contribution >= 0.6 is 11.3 Å². The summed E-state index contributed by atoms with van der Waals surface area (Å²) in [5.41, 5.74) is 1.26. The minimum Gasteiger partial charge on any atom is -0.378 e. The Bertz CT molecular complexity index is 885. The molecule has 2 fully saturated rings. The summed E-state index contributed by atoms with van der Waals surface area (Å²) in [4.78, 5) is 42.2. The summed E-state index contributed by atoms with van der Waals surface area (Å²) in [5.74, 6) is 0.800. The van der Waals surface area contributed by atoms with Gasteiger partial charge in [0.15, 0.2) is 5.13 Å². The number of carbonyl (C=O) groups excluding carboxylic acids is 2. The molecule has 0 unspecified atom stereocenters. The quantitative estimate of drug-likeness (QED) is 0.768. The summed E-state index contributed by atoms with van der Waals surface area (Å²) in [7, 11) is 0. The second kappa shape index (κ2) is 9.59. The van der Waals surface area contributed by atoms with Crippen molar-refractivity contribution in [2.75, 3.05) is 51.3 Å². The molecule has 1 atom stereocenters. The number of nitrogens with zero attached hydrogens (tertiary/aromatic N) is 5. The van der Waals surface area contributed by atoms with Crippen LogP contribution < -0.4 is 5.32 Å². The number of nitrogens with one attached hydrogen (secondary N) is 1. The summed E-state index contributed by atoms with van der Waals surface area (Å²) in [6.45, 7) is 6.11. The summed E-state index contributed by atoms with van der Waals surface area (Å²) in [6.07, 6.45) is 5.28. The molecule has 9 nitrogen and oxygen atoms in total. The molecule has 0 aromatic carbocycles. The van der Waals surface area contributed by atoms with E-state index in [0.29, 0.717) is 49.2 Å². The van der Waals surface area contributed by atoms with E-state index in [4.69, 9.17) is 4.74 Å². The molecule has 1 N–H and O–H groups in total. The van der Waals surface area contributed by atoms with E-state index < -0.39 is 0 Å². The first-order chi connectivity index (χ1) is 14.6. The van der Waals surface area contributed by atoms with Crippen LogP contribution in [0.1, 0.15) is 40.6 Å². The number of rotatable bonds is 5. The van der Waals surface area contributed by atoms with E-state index in [0.717, 1.165) is 31.8 Å². The maximum Gasteiger partial charge on any atom is 0.257 e. The van der Waals surface area contributed by atoms with Crippen molar-refractivity contribution in [2.24, 2.45) is 0 Å². The molecule has 4 rings (SSSR count). The molecule has 2 aromatic rings. The minimum atomic E-state index is -0.0610. The van der Waals surface area contributed by atoms with Gasteiger partial charge in [0.25, 0.3) is 5.91 Å². The molecular weight excluding hydrogens is 404 g/mol. The minimum absolute atomic E-state index is 0.0357. The zero-order chi connectivity index (χ0) is 20.9. The van der Waals surface area contributed by atoms with E-state index in [-0.39, 0.29) is 17.7 Å². The Morgan fingerprint density at radius 3 is 2.83 bits per heavy atom. The van der Waals surface area contributed by atoms with Crippen LogP contribution in [0.25, 0.3) is 0 Å². The van der Waals surface area contributed by atoms with Gasteiger partial charge in [0.2, 0.25) is 5.91 Å². The monoisotopic (exact) mass is 430 g/mol. The lowest BCUT2D eigenvalue weighted by atomic mass is 9.97. The maximum absolute atomic E-state index is 12.7. The van der Waals surface area contributed by atoms with Crippen molar-refractivity contribution < 1.29 is 14.3 Å². The van der Waals surface area contributed by atoms with Gasteiger partial charge in [-0.1, -0.05) is 0 Å². The number of carbonyl (C=O) groups is 2. The summed E-state index contributed by atoms with van der Waals surface area (Å²) < 4.78 is 5.32. The number of ether oxygens (including phenoxy) is 1. The van der Waals surface area contributed by atoms with Crippen molar-refractivity contribution in [3.63, 3.8) is 0 Å². The first-order valence-corrected chi connectivity index (χ1v) is 11.1. The van der Waals surface area contributed by atoms with Crippen molar-refractivity contribution in [3.8, 4) is 0 Å². The van der Waals surface area contributed by atoms with Crippen LogP contribution in [0.2, 0.25) is 0 Å². The van der Waals surface area contributed by atoms with Crippen molar-refractivity contribution in [1.29, 1.82) is 0 Å². The van der Waals surface area contributed by atoms with Gasteiger partial charge in [-0.3, -0.25) is 14.5 Å². The third kappa shape index (κ3) is 5.00. The van der Waals surface area contributed by atoms with E-state index in [2.05, 4.69) is 25.2 Å². The summed E-state index contributed by atoms with van der Waals surface area (Å²) >= 11 is 1.41. The fraction of sp³-hybridized carbons (Fsp3) is 0.550. The number of anilines is 1. The van der Waals surface area contributed by atoms with Crippen molar-refractivity contribution in [2.45, 2.75) is 25.7 Å². The molecular formula is C20H26N6O3S. The smallest absolute Gasteiger partial charge is 0.257 e. The van der Waals surface area contributed by atoms with Gasteiger partial charge < -0.3 is 15.0 Å². The first kappa shape index (κ1) is 20.8. The number of hydrogen-bond acceptors (Lipinski definition) is 8. The Balaban J connectivity index is 1.37. The van der Waals surface area contributed by atoms with Crippen molar-refractivity contribution in [1.82, 2.24) is 24.8 Å². The van der Waals surface area contributed by atoms with Crippen LogP contribution in [-0.2, 0) is 9.53 Å². The van der Waals surface area contributed by atoms with Crippen LogP contribution in [0.15, 0.2) is 17.8 Å². The lowest BCUT2D eigenvalue weighted by Crippen LogP contribution is -2.41. The molecule has 0 saturated carbocycles. The lowest BCUT2D eigenvalue weighted by Gasteiger charge is -2.31. The average Bonchev–Trinajstić information content (AvgIpc) is 3.27. The first-order valence-electron chi connectivity index (χ1n) is 10.2. The average molecular weight is 431 g/mol. The molecule has 4 heterocycles. The van der Waals surface area contributed by atoms with Crippen molar-refractivity contribution >= 4 is 28.3 Å². The fourth-order valence-corrected chi connectivity index (χ4v) is 4.43. The molecule has 160 valence electrons. The number of amides is 2. The molecule has 0 spiro atoms. The Morgan fingerprint density at radius 1 is 1.27 bits per heavy atom.